The van der Waals surface area contributed by atoms with E-state index >= 15 is 0 Å². The van der Waals surface area contributed by atoms with Crippen LogP contribution in [0.4, 0.5) is 19.0 Å². The molecule has 19 heavy (non-hydrogen) atoms. The van der Waals surface area contributed by atoms with Crippen LogP contribution in [0.1, 0.15) is 0 Å². The molecule has 5 nitrogen and oxygen atoms in total. The number of nitrogens with one attached hydrogen (secondary N) is 1. The van der Waals surface area contributed by atoms with Crippen LogP contribution in [0, 0.1) is 0 Å². The maximum Gasteiger partial charge on any atom is 0.573 e. The van der Waals surface area contributed by atoms with Gasteiger partial charge in [0.05, 0.1) is 5.52 Å². The minimum absolute atomic E-state index is 0.174. The van der Waals surface area contributed by atoms with E-state index < -0.39 is 17.8 Å². The minimum Gasteiger partial charge on any atom is -0.406 e. The molecule has 1 N–H and O–H groups in total. The molecule has 0 spiro atoms. The first kappa shape index (κ1) is 11.8. The summed E-state index contributed by atoms with van der Waals surface area (Å²) in [5, 5.41) is 3.60. The van der Waals surface area contributed by atoms with Gasteiger partial charge in [-0.1, -0.05) is 0 Å². The van der Waals surface area contributed by atoms with E-state index in [9.17, 15) is 18.0 Å². The van der Waals surface area contributed by atoms with Gasteiger partial charge >= 0.3 is 12.1 Å². The zero-order valence-electron chi connectivity index (χ0n) is 9.49. The molecule has 100 valence electrons. The first-order chi connectivity index (χ1) is 8.94. The van der Waals surface area contributed by atoms with Crippen molar-refractivity contribution in [2.75, 3.05) is 11.9 Å². The van der Waals surface area contributed by atoms with Crippen molar-refractivity contribution >= 4 is 16.7 Å². The van der Waals surface area contributed by atoms with Gasteiger partial charge in [0.1, 0.15) is 11.6 Å². The standard InChI is InChI=1S/C11H8F3N3O2/c12-11(13,14)19-6-1-2-7-8(5-6)16-10(18)17-4-3-15-9(7)17/h1-2,5,15H,3-4H2. The summed E-state index contributed by atoms with van der Waals surface area (Å²) in [5.41, 5.74) is -0.316. The molecule has 1 aromatic carbocycles. The van der Waals surface area contributed by atoms with Gasteiger partial charge in [-0.15, -0.1) is 13.2 Å². The number of benzene rings is 1. The summed E-state index contributed by atoms with van der Waals surface area (Å²) in [6.07, 6.45) is -4.77. The predicted octanol–water partition coefficient (Wildman–Crippen LogP) is 1.72. The van der Waals surface area contributed by atoms with Gasteiger partial charge in [0.25, 0.3) is 0 Å². The quantitative estimate of drug-likeness (QED) is 0.858. The van der Waals surface area contributed by atoms with E-state index in [-0.39, 0.29) is 5.52 Å². The van der Waals surface area contributed by atoms with Crippen molar-refractivity contribution in [2.24, 2.45) is 0 Å². The van der Waals surface area contributed by atoms with Crippen LogP contribution < -0.4 is 15.7 Å². The molecule has 0 saturated carbocycles. The summed E-state index contributed by atoms with van der Waals surface area (Å²) in [7, 11) is 0. The second kappa shape index (κ2) is 3.87. The second-order valence-corrected chi connectivity index (χ2v) is 4.05. The summed E-state index contributed by atoms with van der Waals surface area (Å²) in [4.78, 5) is 15.4. The Kier molecular flexibility index (Phi) is 2.41. The maximum absolute atomic E-state index is 12.1. The molecule has 0 saturated heterocycles. The highest BCUT2D eigenvalue weighted by Gasteiger charge is 2.31. The number of alkyl halides is 3. The minimum atomic E-state index is -4.77. The molecule has 0 fully saturated rings. The number of hydrogen-bond acceptors (Lipinski definition) is 4. The number of rotatable bonds is 1. The van der Waals surface area contributed by atoms with Gasteiger partial charge in [0, 0.05) is 24.5 Å². The lowest BCUT2D eigenvalue weighted by Crippen LogP contribution is -2.21. The summed E-state index contributed by atoms with van der Waals surface area (Å²) < 4.78 is 41.6. The van der Waals surface area contributed by atoms with Gasteiger partial charge in [-0.2, -0.15) is 4.98 Å². The number of aromatic nitrogens is 2. The van der Waals surface area contributed by atoms with Gasteiger partial charge < -0.3 is 10.1 Å². The average Bonchev–Trinajstić information content (AvgIpc) is 2.76. The fourth-order valence-corrected chi connectivity index (χ4v) is 2.09. The molecule has 1 aromatic heterocycles. The van der Waals surface area contributed by atoms with Crippen LogP contribution in [-0.4, -0.2) is 22.5 Å². The van der Waals surface area contributed by atoms with Crippen LogP contribution in [-0.2, 0) is 6.54 Å². The zero-order valence-corrected chi connectivity index (χ0v) is 9.49. The van der Waals surface area contributed by atoms with E-state index in [0.717, 1.165) is 6.07 Å². The molecular weight excluding hydrogens is 263 g/mol. The molecule has 1 aliphatic rings. The predicted molar refractivity (Wildman–Crippen MR) is 61.2 cm³/mol. The van der Waals surface area contributed by atoms with Crippen molar-refractivity contribution in [1.29, 1.82) is 0 Å². The Bertz CT molecular complexity index is 709. The lowest BCUT2D eigenvalue weighted by atomic mass is 10.2. The molecular formula is C11H8F3N3O2. The Hall–Kier alpha value is -2.25. The lowest BCUT2D eigenvalue weighted by Gasteiger charge is -2.10. The van der Waals surface area contributed by atoms with E-state index in [4.69, 9.17) is 0 Å². The van der Waals surface area contributed by atoms with E-state index in [0.29, 0.717) is 24.3 Å². The Morgan fingerprint density at radius 1 is 1.37 bits per heavy atom. The molecule has 1 aliphatic heterocycles. The molecule has 2 heterocycles. The molecule has 8 heteroatoms. The Labute approximate surface area is 104 Å². The van der Waals surface area contributed by atoms with Crippen LogP contribution in [0.15, 0.2) is 23.0 Å². The first-order valence-electron chi connectivity index (χ1n) is 5.48. The highest BCUT2D eigenvalue weighted by molar-refractivity contribution is 5.90. The van der Waals surface area contributed by atoms with E-state index in [1.54, 1.807) is 0 Å². The lowest BCUT2D eigenvalue weighted by molar-refractivity contribution is -0.274. The van der Waals surface area contributed by atoms with Gasteiger partial charge in [0.15, 0.2) is 0 Å². The highest BCUT2D eigenvalue weighted by Crippen LogP contribution is 2.29. The molecule has 2 aromatic rings. The van der Waals surface area contributed by atoms with Gasteiger partial charge in [-0.3, -0.25) is 4.57 Å². The number of hydrogen-bond donors (Lipinski definition) is 1. The molecule has 0 radical (unpaired) electrons. The van der Waals surface area contributed by atoms with E-state index in [1.165, 1.54) is 16.7 Å². The molecule has 0 amide bonds. The number of ether oxygens (including phenoxy) is 1. The van der Waals surface area contributed by atoms with Crippen molar-refractivity contribution in [2.45, 2.75) is 12.9 Å². The van der Waals surface area contributed by atoms with Crippen LogP contribution in [0.2, 0.25) is 0 Å². The Morgan fingerprint density at radius 3 is 2.89 bits per heavy atom. The third-order valence-electron chi connectivity index (χ3n) is 2.80. The van der Waals surface area contributed by atoms with Crippen molar-refractivity contribution < 1.29 is 17.9 Å². The topological polar surface area (TPSA) is 56.1 Å². The van der Waals surface area contributed by atoms with Crippen LogP contribution in [0.5, 0.6) is 5.75 Å². The van der Waals surface area contributed by atoms with Gasteiger partial charge in [0.2, 0.25) is 0 Å². The average molecular weight is 271 g/mol. The van der Waals surface area contributed by atoms with E-state index in [1.807, 2.05) is 0 Å². The fraction of sp³-hybridized carbons (Fsp3) is 0.273. The van der Waals surface area contributed by atoms with Crippen LogP contribution in [0.3, 0.4) is 0 Å². The molecule has 0 atom stereocenters. The zero-order chi connectivity index (χ0) is 13.6. The second-order valence-electron chi connectivity index (χ2n) is 4.05. The molecule has 0 aliphatic carbocycles. The SMILES string of the molecule is O=c1nc2cc(OC(F)(F)F)ccc2c2n1CCN2. The van der Waals surface area contributed by atoms with Crippen molar-refractivity contribution in [1.82, 2.24) is 9.55 Å². The Morgan fingerprint density at radius 2 is 2.16 bits per heavy atom. The summed E-state index contributed by atoms with van der Waals surface area (Å²) in [6, 6.07) is 3.75. The number of anilines is 1. The van der Waals surface area contributed by atoms with Crippen molar-refractivity contribution in [3.63, 3.8) is 0 Å². The van der Waals surface area contributed by atoms with Crippen molar-refractivity contribution in [3.05, 3.63) is 28.7 Å². The largest absolute Gasteiger partial charge is 0.573 e. The van der Waals surface area contributed by atoms with Gasteiger partial charge in [-0.05, 0) is 12.1 Å². The van der Waals surface area contributed by atoms with Gasteiger partial charge in [-0.25, -0.2) is 4.79 Å². The third-order valence-corrected chi connectivity index (χ3v) is 2.80. The normalized spacial score (nSPS) is 14.3. The Balaban J connectivity index is 2.15. The number of nitrogens with zero attached hydrogens (tertiary/aromatic N) is 2. The maximum atomic E-state index is 12.1. The summed E-state index contributed by atoms with van der Waals surface area (Å²) >= 11 is 0. The van der Waals surface area contributed by atoms with Crippen LogP contribution in [0.25, 0.3) is 10.9 Å². The summed E-state index contributed by atoms with van der Waals surface area (Å²) in [5.74, 6) is 0.184. The molecule has 0 bridgehead atoms. The summed E-state index contributed by atoms with van der Waals surface area (Å²) in [6.45, 7) is 1.09. The van der Waals surface area contributed by atoms with E-state index in [2.05, 4.69) is 15.0 Å². The third kappa shape index (κ3) is 2.09. The number of halogens is 3. The number of fused-ring (bicyclic) bond motifs is 3. The monoisotopic (exact) mass is 271 g/mol. The molecule has 0 unspecified atom stereocenters. The van der Waals surface area contributed by atoms with Crippen molar-refractivity contribution in [3.8, 4) is 5.75 Å². The van der Waals surface area contributed by atoms with Crippen LogP contribution >= 0.6 is 0 Å². The smallest absolute Gasteiger partial charge is 0.406 e. The highest BCUT2D eigenvalue weighted by atomic mass is 19.4. The first-order valence-corrected chi connectivity index (χ1v) is 5.48. The molecule has 3 rings (SSSR count). The fourth-order valence-electron chi connectivity index (χ4n) is 2.09.